The smallest absolute Gasteiger partial charge is 0.279 e. The van der Waals surface area contributed by atoms with Crippen LogP contribution in [0.3, 0.4) is 0 Å². The van der Waals surface area contributed by atoms with E-state index in [1.807, 2.05) is 0 Å². The lowest BCUT2D eigenvalue weighted by Crippen LogP contribution is -2.47. The van der Waals surface area contributed by atoms with E-state index in [4.69, 9.17) is 15.7 Å². The maximum absolute atomic E-state index is 11.7. The first kappa shape index (κ1) is 13.2. The molecule has 1 saturated heterocycles. The molecular weight excluding hydrogens is 236 g/mol. The molecule has 94 valence electrons. The maximum atomic E-state index is 11.7. The second-order valence-corrected chi connectivity index (χ2v) is 5.01. The number of morpholine rings is 1. The van der Waals surface area contributed by atoms with Gasteiger partial charge in [0.2, 0.25) is 0 Å². The zero-order chi connectivity index (χ0) is 12.0. The van der Waals surface area contributed by atoms with Crippen molar-refractivity contribution < 1.29 is 18.4 Å². The van der Waals surface area contributed by atoms with Crippen LogP contribution in [0, 0.1) is 0 Å². The van der Waals surface area contributed by atoms with Crippen LogP contribution in [0.15, 0.2) is 5.16 Å². The Labute approximate surface area is 94.2 Å². The average Bonchev–Trinajstić information content (AvgIpc) is 2.30. The van der Waals surface area contributed by atoms with Crippen molar-refractivity contribution in [1.29, 1.82) is 0 Å². The van der Waals surface area contributed by atoms with Crippen LogP contribution >= 0.6 is 0 Å². The summed E-state index contributed by atoms with van der Waals surface area (Å²) >= 11 is 0. The largest absolute Gasteiger partial charge is 0.409 e. The van der Waals surface area contributed by atoms with Gasteiger partial charge < -0.3 is 15.7 Å². The lowest BCUT2D eigenvalue weighted by molar-refractivity contribution is 0.0725. The molecule has 0 aromatic carbocycles. The van der Waals surface area contributed by atoms with Gasteiger partial charge in [0.05, 0.1) is 13.2 Å². The summed E-state index contributed by atoms with van der Waals surface area (Å²) in [5.74, 6) is -0.00956. The van der Waals surface area contributed by atoms with Crippen molar-refractivity contribution in [1.82, 2.24) is 9.03 Å². The van der Waals surface area contributed by atoms with Gasteiger partial charge in [0.15, 0.2) is 0 Å². The highest BCUT2D eigenvalue weighted by Gasteiger charge is 2.23. The van der Waals surface area contributed by atoms with E-state index in [0.29, 0.717) is 26.3 Å². The molecule has 9 heteroatoms. The van der Waals surface area contributed by atoms with Crippen LogP contribution in [0.1, 0.15) is 6.42 Å². The molecule has 4 N–H and O–H groups in total. The van der Waals surface area contributed by atoms with Gasteiger partial charge >= 0.3 is 0 Å². The van der Waals surface area contributed by atoms with E-state index < -0.39 is 10.2 Å². The summed E-state index contributed by atoms with van der Waals surface area (Å²) in [5.41, 5.74) is 5.21. The van der Waals surface area contributed by atoms with Gasteiger partial charge in [0.1, 0.15) is 5.84 Å². The summed E-state index contributed by atoms with van der Waals surface area (Å²) < 4.78 is 32.1. The van der Waals surface area contributed by atoms with E-state index in [1.165, 1.54) is 4.31 Å². The Balaban J connectivity index is 2.39. The zero-order valence-corrected chi connectivity index (χ0v) is 9.61. The standard InChI is InChI=1S/C7H16N4O4S/c8-7(10-12)1-2-9-16(13,14)11-3-5-15-6-4-11/h9,12H,1-6H2,(H2,8,10). The summed E-state index contributed by atoms with van der Waals surface area (Å²) in [6.07, 6.45) is 0.167. The molecule has 0 aliphatic carbocycles. The van der Waals surface area contributed by atoms with Crippen LogP contribution in [0.2, 0.25) is 0 Å². The van der Waals surface area contributed by atoms with Crippen molar-refractivity contribution >= 4 is 16.0 Å². The number of ether oxygens (including phenoxy) is 1. The van der Waals surface area contributed by atoms with Crippen LogP contribution in [0.4, 0.5) is 0 Å². The van der Waals surface area contributed by atoms with Gasteiger partial charge in [-0.3, -0.25) is 0 Å². The molecule has 1 rings (SSSR count). The first-order valence-corrected chi connectivity index (χ1v) is 6.29. The predicted molar refractivity (Wildman–Crippen MR) is 57.3 cm³/mol. The summed E-state index contributed by atoms with van der Waals surface area (Å²) in [5, 5.41) is 11.0. The Kier molecular flexibility index (Phi) is 4.93. The number of nitrogens with zero attached hydrogens (tertiary/aromatic N) is 2. The molecule has 1 aliphatic heterocycles. The molecule has 1 heterocycles. The predicted octanol–water partition coefficient (Wildman–Crippen LogP) is -1.71. The average molecular weight is 252 g/mol. The Morgan fingerprint density at radius 3 is 2.69 bits per heavy atom. The first-order valence-electron chi connectivity index (χ1n) is 4.85. The molecule has 8 nitrogen and oxygen atoms in total. The molecule has 0 aromatic rings. The fraction of sp³-hybridized carbons (Fsp3) is 0.857. The number of oxime groups is 1. The highest BCUT2D eigenvalue weighted by molar-refractivity contribution is 7.87. The first-order chi connectivity index (χ1) is 7.56. The van der Waals surface area contributed by atoms with Gasteiger partial charge in [0.25, 0.3) is 10.2 Å². The molecule has 0 atom stereocenters. The number of nitrogens with one attached hydrogen (secondary N) is 1. The fourth-order valence-electron chi connectivity index (χ4n) is 1.24. The minimum Gasteiger partial charge on any atom is -0.409 e. The van der Waals surface area contributed by atoms with E-state index in [2.05, 4.69) is 9.88 Å². The quantitative estimate of drug-likeness (QED) is 0.233. The molecule has 0 spiro atoms. The molecule has 0 saturated carbocycles. The van der Waals surface area contributed by atoms with Crippen molar-refractivity contribution in [3.8, 4) is 0 Å². The highest BCUT2D eigenvalue weighted by atomic mass is 32.2. The van der Waals surface area contributed by atoms with Crippen LogP contribution in [-0.2, 0) is 14.9 Å². The van der Waals surface area contributed by atoms with Gasteiger partial charge in [-0.05, 0) is 0 Å². The molecule has 0 amide bonds. The van der Waals surface area contributed by atoms with E-state index in [1.54, 1.807) is 0 Å². The second-order valence-electron chi connectivity index (χ2n) is 3.25. The van der Waals surface area contributed by atoms with E-state index >= 15 is 0 Å². The lowest BCUT2D eigenvalue weighted by Gasteiger charge is -2.25. The van der Waals surface area contributed by atoms with Gasteiger partial charge in [-0.25, -0.2) is 4.72 Å². The van der Waals surface area contributed by atoms with Crippen LogP contribution in [0.5, 0.6) is 0 Å². The topological polar surface area (TPSA) is 117 Å². The van der Waals surface area contributed by atoms with E-state index in [0.717, 1.165) is 0 Å². The van der Waals surface area contributed by atoms with Crippen LogP contribution < -0.4 is 10.5 Å². The lowest BCUT2D eigenvalue weighted by atomic mass is 10.4. The monoisotopic (exact) mass is 252 g/mol. The minimum absolute atomic E-state index is 0.00956. The summed E-state index contributed by atoms with van der Waals surface area (Å²) in [4.78, 5) is 0. The second kappa shape index (κ2) is 5.99. The van der Waals surface area contributed by atoms with Gasteiger partial charge in [-0.15, -0.1) is 0 Å². The molecule has 0 bridgehead atoms. The third kappa shape index (κ3) is 3.93. The Morgan fingerprint density at radius 2 is 2.12 bits per heavy atom. The van der Waals surface area contributed by atoms with E-state index in [9.17, 15) is 8.42 Å². The van der Waals surface area contributed by atoms with Crippen molar-refractivity contribution in [2.24, 2.45) is 10.9 Å². The number of hydrogen-bond donors (Lipinski definition) is 3. The minimum atomic E-state index is -3.48. The van der Waals surface area contributed by atoms with Crippen LogP contribution in [0.25, 0.3) is 0 Å². The molecule has 0 unspecified atom stereocenters. The zero-order valence-electron chi connectivity index (χ0n) is 8.79. The van der Waals surface area contributed by atoms with Gasteiger partial charge in [-0.1, -0.05) is 5.16 Å². The Bertz CT molecular complexity index is 336. The van der Waals surface area contributed by atoms with Crippen molar-refractivity contribution in [3.05, 3.63) is 0 Å². The number of rotatable bonds is 5. The van der Waals surface area contributed by atoms with E-state index in [-0.39, 0.29) is 18.8 Å². The molecule has 0 aromatic heterocycles. The fourth-order valence-corrected chi connectivity index (χ4v) is 2.41. The molecule has 16 heavy (non-hydrogen) atoms. The van der Waals surface area contributed by atoms with Gasteiger partial charge in [-0.2, -0.15) is 12.7 Å². The molecule has 1 fully saturated rings. The SMILES string of the molecule is NC(CCNS(=O)(=O)N1CCOCC1)=NO. The highest BCUT2D eigenvalue weighted by Crippen LogP contribution is 2.02. The van der Waals surface area contributed by atoms with Crippen molar-refractivity contribution in [3.63, 3.8) is 0 Å². The normalized spacial score (nSPS) is 19.9. The Hall–Kier alpha value is -0.900. The molecular formula is C7H16N4O4S. The third-order valence-corrected chi connectivity index (χ3v) is 3.72. The number of amidine groups is 1. The van der Waals surface area contributed by atoms with Gasteiger partial charge in [0, 0.05) is 26.1 Å². The van der Waals surface area contributed by atoms with Crippen LogP contribution in [-0.4, -0.2) is 56.6 Å². The Morgan fingerprint density at radius 1 is 1.50 bits per heavy atom. The summed E-state index contributed by atoms with van der Waals surface area (Å²) in [6, 6.07) is 0. The maximum Gasteiger partial charge on any atom is 0.279 e. The molecule has 0 radical (unpaired) electrons. The number of hydrogen-bond acceptors (Lipinski definition) is 5. The summed E-state index contributed by atoms with van der Waals surface area (Å²) in [6.45, 7) is 1.61. The number of nitrogens with two attached hydrogens (primary N) is 1. The summed E-state index contributed by atoms with van der Waals surface area (Å²) in [7, 11) is -3.48. The third-order valence-electron chi connectivity index (χ3n) is 2.10. The van der Waals surface area contributed by atoms with Crippen molar-refractivity contribution in [2.45, 2.75) is 6.42 Å². The molecule has 1 aliphatic rings. The van der Waals surface area contributed by atoms with Crippen molar-refractivity contribution in [2.75, 3.05) is 32.8 Å².